The molecule has 0 aliphatic rings. The van der Waals surface area contributed by atoms with Crippen LogP contribution in [-0.2, 0) is 13.6 Å². The number of nitrogens with two attached hydrogens (primary N) is 1. The van der Waals surface area contributed by atoms with Crippen LogP contribution in [0.15, 0.2) is 16.7 Å². The van der Waals surface area contributed by atoms with Crippen LogP contribution in [0.5, 0.6) is 0 Å². The summed E-state index contributed by atoms with van der Waals surface area (Å²) in [7, 11) is 1.97. The zero-order valence-corrected chi connectivity index (χ0v) is 12.8. The van der Waals surface area contributed by atoms with Crippen LogP contribution in [-0.4, -0.2) is 9.55 Å². The Hall–Kier alpha value is -1.13. The first kappa shape index (κ1) is 13.3. The highest BCUT2D eigenvalue weighted by Gasteiger charge is 2.16. The summed E-state index contributed by atoms with van der Waals surface area (Å²) in [5.74, 6) is 0.885. The summed E-state index contributed by atoms with van der Waals surface area (Å²) in [6, 6.07) is 4.37. The lowest BCUT2D eigenvalue weighted by molar-refractivity contribution is 0.781. The van der Waals surface area contributed by atoms with Crippen LogP contribution in [0.25, 0.3) is 11.3 Å². The Bertz CT molecular complexity index is 576. The molecular formula is C14H18BrN3. The van der Waals surface area contributed by atoms with E-state index in [0.717, 1.165) is 16.1 Å². The first-order valence-electron chi connectivity index (χ1n) is 5.95. The molecule has 0 unspecified atom stereocenters. The van der Waals surface area contributed by atoms with Crippen molar-refractivity contribution < 1.29 is 0 Å². The minimum atomic E-state index is 0.444. The fourth-order valence-electron chi connectivity index (χ4n) is 2.42. The van der Waals surface area contributed by atoms with Crippen molar-refractivity contribution in [1.82, 2.24) is 9.55 Å². The Morgan fingerprint density at radius 3 is 2.22 bits per heavy atom. The van der Waals surface area contributed by atoms with Crippen LogP contribution in [0, 0.1) is 20.8 Å². The third-order valence-corrected chi connectivity index (χ3v) is 4.12. The van der Waals surface area contributed by atoms with Crippen LogP contribution < -0.4 is 5.73 Å². The fraction of sp³-hybridized carbons (Fsp3) is 0.357. The monoisotopic (exact) mass is 307 g/mol. The zero-order chi connectivity index (χ0) is 13.4. The number of benzene rings is 1. The molecule has 0 radical (unpaired) electrons. The van der Waals surface area contributed by atoms with Gasteiger partial charge in [-0.05, 0) is 47.8 Å². The Kier molecular flexibility index (Phi) is 3.59. The number of rotatable bonds is 2. The molecule has 0 aliphatic heterocycles. The smallest absolute Gasteiger partial charge is 0.123 e. The Labute approximate surface area is 116 Å². The summed E-state index contributed by atoms with van der Waals surface area (Å²) >= 11 is 3.61. The predicted molar refractivity (Wildman–Crippen MR) is 78.4 cm³/mol. The second-order valence-corrected chi connectivity index (χ2v) is 5.46. The summed E-state index contributed by atoms with van der Waals surface area (Å²) in [6.45, 7) is 6.80. The lowest BCUT2D eigenvalue weighted by atomic mass is 9.98. The lowest BCUT2D eigenvalue weighted by Gasteiger charge is -2.09. The SMILES string of the molecule is Cc1cc(C)c(-c2nc(CN)n(C)c2Br)c(C)c1. The number of hydrogen-bond acceptors (Lipinski definition) is 2. The summed E-state index contributed by atoms with van der Waals surface area (Å²) in [4.78, 5) is 4.64. The maximum absolute atomic E-state index is 5.71. The van der Waals surface area contributed by atoms with Crippen LogP contribution >= 0.6 is 15.9 Å². The molecule has 1 heterocycles. The van der Waals surface area contributed by atoms with E-state index in [9.17, 15) is 0 Å². The highest BCUT2D eigenvalue weighted by molar-refractivity contribution is 9.10. The summed E-state index contributed by atoms with van der Waals surface area (Å²) < 4.78 is 2.98. The Morgan fingerprint density at radius 2 is 1.78 bits per heavy atom. The highest BCUT2D eigenvalue weighted by atomic mass is 79.9. The molecule has 4 heteroatoms. The van der Waals surface area contributed by atoms with Crippen molar-refractivity contribution in [3.63, 3.8) is 0 Å². The van der Waals surface area contributed by atoms with Crippen LogP contribution in [0.1, 0.15) is 22.5 Å². The van der Waals surface area contributed by atoms with E-state index in [-0.39, 0.29) is 0 Å². The second-order valence-electron chi connectivity index (χ2n) is 4.70. The molecule has 0 bridgehead atoms. The molecule has 0 atom stereocenters. The molecule has 0 spiro atoms. The number of nitrogens with zero attached hydrogens (tertiary/aromatic N) is 2. The lowest BCUT2D eigenvalue weighted by Crippen LogP contribution is -2.04. The van der Waals surface area contributed by atoms with Crippen LogP contribution in [0.2, 0.25) is 0 Å². The highest BCUT2D eigenvalue weighted by Crippen LogP contribution is 2.33. The summed E-state index contributed by atoms with van der Waals surface area (Å²) in [5.41, 5.74) is 11.7. The van der Waals surface area contributed by atoms with Crippen molar-refractivity contribution in [2.45, 2.75) is 27.3 Å². The first-order chi connectivity index (χ1) is 8.45. The van der Waals surface area contributed by atoms with Crippen molar-refractivity contribution in [3.8, 4) is 11.3 Å². The van der Waals surface area contributed by atoms with Gasteiger partial charge in [0.05, 0.1) is 6.54 Å². The third-order valence-electron chi connectivity index (χ3n) is 3.21. The molecule has 0 saturated heterocycles. The van der Waals surface area contributed by atoms with Gasteiger partial charge in [0.1, 0.15) is 16.1 Å². The Balaban J connectivity index is 2.70. The first-order valence-corrected chi connectivity index (χ1v) is 6.74. The van der Waals surface area contributed by atoms with Gasteiger partial charge in [0.25, 0.3) is 0 Å². The summed E-state index contributed by atoms with van der Waals surface area (Å²) in [5, 5.41) is 0. The molecule has 0 saturated carbocycles. The van der Waals surface area contributed by atoms with E-state index in [1.165, 1.54) is 22.3 Å². The van der Waals surface area contributed by atoms with E-state index in [0.29, 0.717) is 6.54 Å². The molecule has 1 aromatic heterocycles. The van der Waals surface area contributed by atoms with E-state index in [4.69, 9.17) is 5.73 Å². The van der Waals surface area contributed by atoms with Gasteiger partial charge in [0, 0.05) is 12.6 Å². The Morgan fingerprint density at radius 1 is 1.22 bits per heavy atom. The maximum Gasteiger partial charge on any atom is 0.123 e. The van der Waals surface area contributed by atoms with Crippen molar-refractivity contribution >= 4 is 15.9 Å². The number of halogens is 1. The maximum atomic E-state index is 5.71. The number of aryl methyl sites for hydroxylation is 3. The predicted octanol–water partition coefficient (Wildman–Crippen LogP) is 3.23. The van der Waals surface area contributed by atoms with Gasteiger partial charge < -0.3 is 10.3 Å². The van der Waals surface area contributed by atoms with E-state index < -0.39 is 0 Å². The minimum absolute atomic E-state index is 0.444. The normalized spacial score (nSPS) is 11.0. The number of hydrogen-bond donors (Lipinski definition) is 1. The average Bonchev–Trinajstić information content (AvgIpc) is 2.56. The van der Waals surface area contributed by atoms with Crippen molar-refractivity contribution in [3.05, 3.63) is 39.3 Å². The largest absolute Gasteiger partial charge is 0.324 e. The minimum Gasteiger partial charge on any atom is -0.324 e. The molecular weight excluding hydrogens is 290 g/mol. The van der Waals surface area contributed by atoms with E-state index in [1.807, 2.05) is 11.6 Å². The molecule has 3 nitrogen and oxygen atoms in total. The van der Waals surface area contributed by atoms with Gasteiger partial charge in [-0.15, -0.1) is 0 Å². The number of aromatic nitrogens is 2. The van der Waals surface area contributed by atoms with Crippen LogP contribution in [0.4, 0.5) is 0 Å². The molecule has 0 aliphatic carbocycles. The van der Waals surface area contributed by atoms with Gasteiger partial charge in [0.2, 0.25) is 0 Å². The summed E-state index contributed by atoms with van der Waals surface area (Å²) in [6.07, 6.45) is 0. The molecule has 96 valence electrons. The average molecular weight is 308 g/mol. The zero-order valence-electron chi connectivity index (χ0n) is 11.2. The third kappa shape index (κ3) is 2.10. The van der Waals surface area contributed by atoms with Crippen molar-refractivity contribution in [2.24, 2.45) is 12.8 Å². The van der Waals surface area contributed by atoms with Gasteiger partial charge in [-0.25, -0.2) is 4.98 Å². The standard InChI is InChI=1S/C14H18BrN3/c1-8-5-9(2)12(10(3)6-8)13-14(15)18(4)11(7-16)17-13/h5-6H,7,16H2,1-4H3. The van der Waals surface area contributed by atoms with Crippen molar-refractivity contribution in [1.29, 1.82) is 0 Å². The molecule has 0 fully saturated rings. The van der Waals surface area contributed by atoms with E-state index in [2.05, 4.69) is 53.8 Å². The quantitative estimate of drug-likeness (QED) is 0.925. The van der Waals surface area contributed by atoms with Crippen LogP contribution in [0.3, 0.4) is 0 Å². The van der Waals surface area contributed by atoms with Gasteiger partial charge in [-0.3, -0.25) is 0 Å². The topological polar surface area (TPSA) is 43.8 Å². The number of imidazole rings is 1. The van der Waals surface area contributed by atoms with Crippen molar-refractivity contribution in [2.75, 3.05) is 0 Å². The fourth-order valence-corrected chi connectivity index (χ4v) is 2.91. The molecule has 2 rings (SSSR count). The second kappa shape index (κ2) is 4.86. The molecule has 2 aromatic rings. The molecule has 18 heavy (non-hydrogen) atoms. The van der Waals surface area contributed by atoms with E-state index in [1.54, 1.807) is 0 Å². The molecule has 2 N–H and O–H groups in total. The van der Waals surface area contributed by atoms with Gasteiger partial charge in [-0.1, -0.05) is 17.7 Å². The molecule has 0 amide bonds. The van der Waals surface area contributed by atoms with Gasteiger partial charge in [0.15, 0.2) is 0 Å². The van der Waals surface area contributed by atoms with Gasteiger partial charge >= 0.3 is 0 Å². The van der Waals surface area contributed by atoms with Gasteiger partial charge in [-0.2, -0.15) is 0 Å². The molecule has 1 aromatic carbocycles. The van der Waals surface area contributed by atoms with E-state index >= 15 is 0 Å².